The third-order valence-electron chi connectivity index (χ3n) is 6.56. The first-order valence-electron chi connectivity index (χ1n) is 10.5. The van der Waals surface area contributed by atoms with Crippen molar-refractivity contribution in [3.05, 3.63) is 47.1 Å². The van der Waals surface area contributed by atoms with Crippen molar-refractivity contribution in [3.63, 3.8) is 0 Å². The lowest BCUT2D eigenvalue weighted by Crippen LogP contribution is -2.51. The monoisotopic (exact) mass is 500 g/mol. The Balaban J connectivity index is 1.54. The highest BCUT2D eigenvalue weighted by atomic mass is 32.1. The summed E-state index contributed by atoms with van der Waals surface area (Å²) in [6.45, 7) is 0. The highest BCUT2D eigenvalue weighted by Gasteiger charge is 2.51. The maximum atomic E-state index is 13.6. The number of thiazole rings is 1. The van der Waals surface area contributed by atoms with Gasteiger partial charge in [-0.1, -0.05) is 0 Å². The molecule has 5 nitrogen and oxygen atoms in total. The van der Waals surface area contributed by atoms with Crippen LogP contribution in [-0.2, 0) is 17.1 Å². The summed E-state index contributed by atoms with van der Waals surface area (Å²) in [4.78, 5) is 24.1. The third kappa shape index (κ3) is 3.87. The van der Waals surface area contributed by atoms with Gasteiger partial charge in [-0.05, 0) is 55.5 Å². The van der Waals surface area contributed by atoms with Crippen molar-refractivity contribution in [2.24, 2.45) is 5.92 Å². The van der Waals surface area contributed by atoms with Crippen LogP contribution >= 0.6 is 11.3 Å². The van der Waals surface area contributed by atoms with Crippen LogP contribution in [0, 0.1) is 5.92 Å². The Morgan fingerprint density at radius 1 is 1.09 bits per heavy atom. The van der Waals surface area contributed by atoms with Gasteiger partial charge in [-0.25, -0.2) is 9.97 Å². The lowest BCUT2D eigenvalue weighted by molar-refractivity contribution is -0.145. The van der Waals surface area contributed by atoms with Crippen LogP contribution in [-0.4, -0.2) is 35.0 Å². The Kier molecular flexibility index (Phi) is 5.26. The van der Waals surface area contributed by atoms with Gasteiger partial charge in [0.15, 0.2) is 0 Å². The minimum atomic E-state index is -5.06. The van der Waals surface area contributed by atoms with Gasteiger partial charge in [-0.2, -0.15) is 26.3 Å². The SMILES string of the molecule is CN(C(=O)[C@@H]1[C@H]2CC[C@H](C2)N1c1cc(C(F)(F)F)cc(C(F)(F)F)n1)c1ccc2scnc2c1. The van der Waals surface area contributed by atoms with E-state index in [1.54, 1.807) is 24.7 Å². The highest BCUT2D eigenvalue weighted by molar-refractivity contribution is 7.16. The van der Waals surface area contributed by atoms with E-state index < -0.39 is 41.4 Å². The molecule has 2 fully saturated rings. The van der Waals surface area contributed by atoms with Gasteiger partial charge in [-0.15, -0.1) is 11.3 Å². The molecule has 0 N–H and O–H groups in total. The van der Waals surface area contributed by atoms with E-state index in [-0.39, 0.29) is 18.0 Å². The van der Waals surface area contributed by atoms with Crippen LogP contribution in [0.5, 0.6) is 0 Å². The molecule has 1 aromatic carbocycles. The molecule has 1 aliphatic heterocycles. The number of alkyl halides is 6. The van der Waals surface area contributed by atoms with Crippen LogP contribution in [0.3, 0.4) is 0 Å². The van der Waals surface area contributed by atoms with Crippen molar-refractivity contribution in [3.8, 4) is 0 Å². The molecule has 5 rings (SSSR count). The first-order valence-corrected chi connectivity index (χ1v) is 11.4. The summed E-state index contributed by atoms with van der Waals surface area (Å²) in [5.41, 5.74) is -0.166. The minimum Gasteiger partial charge on any atom is -0.341 e. The van der Waals surface area contributed by atoms with E-state index in [9.17, 15) is 31.1 Å². The summed E-state index contributed by atoms with van der Waals surface area (Å²) < 4.78 is 81.4. The van der Waals surface area contributed by atoms with Crippen molar-refractivity contribution in [2.45, 2.75) is 43.7 Å². The van der Waals surface area contributed by atoms with E-state index in [2.05, 4.69) is 9.97 Å². The van der Waals surface area contributed by atoms with E-state index in [0.29, 0.717) is 36.5 Å². The number of hydrogen-bond donors (Lipinski definition) is 0. The number of benzene rings is 1. The molecular weight excluding hydrogens is 482 g/mol. The molecule has 1 aliphatic carbocycles. The third-order valence-corrected chi connectivity index (χ3v) is 7.37. The molecule has 2 aliphatic rings. The number of likely N-dealkylation sites (N-methyl/N-ethyl adjacent to an activating group) is 1. The first-order chi connectivity index (χ1) is 15.9. The normalized spacial score (nSPS) is 22.6. The molecule has 1 saturated heterocycles. The fourth-order valence-corrected chi connectivity index (χ4v) is 5.63. The Morgan fingerprint density at radius 3 is 2.56 bits per heavy atom. The molecule has 2 bridgehead atoms. The minimum absolute atomic E-state index is 0.00382. The van der Waals surface area contributed by atoms with Crippen molar-refractivity contribution in [1.29, 1.82) is 0 Å². The van der Waals surface area contributed by atoms with Gasteiger partial charge in [-0.3, -0.25) is 4.79 Å². The first kappa shape index (κ1) is 22.9. The van der Waals surface area contributed by atoms with Crippen LogP contribution in [0.4, 0.5) is 37.8 Å². The number of amides is 1. The van der Waals surface area contributed by atoms with Crippen LogP contribution in [0.15, 0.2) is 35.8 Å². The van der Waals surface area contributed by atoms with Crippen LogP contribution in [0.1, 0.15) is 30.5 Å². The Bertz CT molecular complexity index is 1220. The smallest absolute Gasteiger partial charge is 0.341 e. The number of anilines is 2. The molecule has 12 heteroatoms. The van der Waals surface area contributed by atoms with Crippen LogP contribution in [0.25, 0.3) is 10.2 Å². The van der Waals surface area contributed by atoms with E-state index in [0.717, 1.165) is 4.70 Å². The number of aromatic nitrogens is 2. The molecule has 2 aromatic heterocycles. The average molecular weight is 500 g/mol. The predicted molar refractivity (Wildman–Crippen MR) is 115 cm³/mol. The highest BCUT2D eigenvalue weighted by Crippen LogP contribution is 2.47. The Labute approximate surface area is 194 Å². The molecule has 180 valence electrons. The summed E-state index contributed by atoms with van der Waals surface area (Å²) in [5, 5.41) is 0. The molecule has 3 aromatic rings. The Hall–Kier alpha value is -2.89. The molecule has 0 radical (unpaired) electrons. The van der Waals surface area contributed by atoms with E-state index >= 15 is 0 Å². The molecule has 1 saturated carbocycles. The standard InChI is InChI=1S/C22H18F6N4OS/c1-31(13-4-5-16-15(9-13)29-10-34-16)20(33)19-11-2-3-14(6-11)32(19)18-8-12(21(23,24)25)7-17(30-18)22(26,27)28/h4-5,7-11,14,19H,2-3,6H2,1H3/t11-,14+,19-/m0/s1. The van der Waals surface area contributed by atoms with Crippen molar-refractivity contribution >= 4 is 39.0 Å². The van der Waals surface area contributed by atoms with Gasteiger partial charge in [0.25, 0.3) is 0 Å². The van der Waals surface area contributed by atoms with Crippen LogP contribution < -0.4 is 9.80 Å². The van der Waals surface area contributed by atoms with Crippen molar-refractivity contribution < 1.29 is 31.1 Å². The molecule has 0 unspecified atom stereocenters. The summed E-state index contributed by atoms with van der Waals surface area (Å²) in [6.07, 6.45) is -8.30. The summed E-state index contributed by atoms with van der Waals surface area (Å²) in [5.74, 6) is -1.07. The second-order valence-corrected chi connectivity index (χ2v) is 9.46. The molecule has 34 heavy (non-hydrogen) atoms. The summed E-state index contributed by atoms with van der Waals surface area (Å²) >= 11 is 1.44. The largest absolute Gasteiger partial charge is 0.433 e. The van der Waals surface area contributed by atoms with Gasteiger partial charge in [0.2, 0.25) is 5.91 Å². The van der Waals surface area contributed by atoms with E-state index in [1.807, 2.05) is 6.07 Å². The lowest BCUT2D eigenvalue weighted by Gasteiger charge is -2.37. The fourth-order valence-electron chi connectivity index (χ4n) is 4.97. The van der Waals surface area contributed by atoms with Crippen molar-refractivity contribution in [1.82, 2.24) is 9.97 Å². The zero-order valence-corrected chi connectivity index (χ0v) is 18.5. The average Bonchev–Trinajstić information content (AvgIpc) is 3.51. The zero-order chi connectivity index (χ0) is 24.4. The number of piperidine rings is 1. The molecule has 3 heterocycles. The van der Waals surface area contributed by atoms with Crippen molar-refractivity contribution in [2.75, 3.05) is 16.8 Å². The Morgan fingerprint density at radius 2 is 1.85 bits per heavy atom. The van der Waals surface area contributed by atoms with Gasteiger partial charge in [0.05, 0.1) is 21.3 Å². The fraction of sp³-hybridized carbons (Fsp3) is 0.409. The van der Waals surface area contributed by atoms with Crippen LogP contribution in [0.2, 0.25) is 0 Å². The zero-order valence-electron chi connectivity index (χ0n) is 17.7. The number of hydrogen-bond acceptors (Lipinski definition) is 5. The second kappa shape index (κ2) is 7.82. The lowest BCUT2D eigenvalue weighted by atomic mass is 9.97. The van der Waals surface area contributed by atoms with E-state index in [4.69, 9.17) is 0 Å². The molecule has 1 amide bonds. The number of fused-ring (bicyclic) bond motifs is 3. The van der Waals surface area contributed by atoms with Gasteiger partial charge < -0.3 is 9.80 Å². The van der Waals surface area contributed by atoms with Gasteiger partial charge >= 0.3 is 12.4 Å². The maximum absolute atomic E-state index is 13.6. The number of halogens is 6. The maximum Gasteiger partial charge on any atom is 0.433 e. The number of nitrogens with zero attached hydrogens (tertiary/aromatic N) is 4. The summed E-state index contributed by atoms with van der Waals surface area (Å²) in [6, 6.07) is 4.62. The van der Waals surface area contributed by atoms with Gasteiger partial charge in [0.1, 0.15) is 17.6 Å². The number of rotatable bonds is 3. The molecular formula is C22H18F6N4OS. The quantitative estimate of drug-likeness (QED) is 0.430. The number of carbonyl (C=O) groups excluding carboxylic acids is 1. The second-order valence-electron chi connectivity index (χ2n) is 8.58. The van der Waals surface area contributed by atoms with Gasteiger partial charge in [0, 0.05) is 18.8 Å². The number of carbonyl (C=O) groups is 1. The topological polar surface area (TPSA) is 49.3 Å². The number of pyridine rings is 1. The predicted octanol–water partition coefficient (Wildman–Crippen LogP) is 5.75. The molecule has 0 spiro atoms. The molecule has 3 atom stereocenters. The summed E-state index contributed by atoms with van der Waals surface area (Å²) in [7, 11) is 1.54. The van der Waals surface area contributed by atoms with E-state index in [1.165, 1.54) is 21.1 Å².